The summed E-state index contributed by atoms with van der Waals surface area (Å²) in [6.07, 6.45) is 1.81. The Morgan fingerprint density at radius 2 is 1.19 bits per heavy atom. The van der Waals surface area contributed by atoms with Gasteiger partial charge in [-0.3, -0.25) is 9.59 Å². The van der Waals surface area contributed by atoms with Crippen molar-refractivity contribution in [1.29, 1.82) is 0 Å². The zero-order valence-electron chi connectivity index (χ0n) is 10.9. The smallest absolute Gasteiger partial charge is 0.305 e. The van der Waals surface area contributed by atoms with Gasteiger partial charge in [-0.25, -0.2) is 0 Å². The summed E-state index contributed by atoms with van der Waals surface area (Å²) >= 11 is 0. The molecule has 0 aromatic carbocycles. The lowest BCUT2D eigenvalue weighted by Crippen LogP contribution is -1.94. The van der Waals surface area contributed by atoms with Gasteiger partial charge in [0, 0.05) is 19.4 Å². The molecule has 0 rings (SSSR count). The van der Waals surface area contributed by atoms with Gasteiger partial charge in [-0.1, -0.05) is 20.8 Å². The van der Waals surface area contributed by atoms with Crippen LogP contribution in [0.4, 0.5) is 0 Å². The number of ether oxygens (including phenoxy) is 2. The Bertz CT molecular complexity index is 126. The molecule has 0 fully saturated rings. The van der Waals surface area contributed by atoms with Crippen LogP contribution in [0, 0.1) is 0 Å². The van der Waals surface area contributed by atoms with Gasteiger partial charge in [-0.15, -0.1) is 0 Å². The Hall–Kier alpha value is -1.10. The highest BCUT2D eigenvalue weighted by Gasteiger charge is 1.88. The average molecular weight is 236 g/mol. The average Bonchev–Trinajstić information content (AvgIpc) is 2.37. The number of carbonyl (C=O) groups is 2. The summed E-state index contributed by atoms with van der Waals surface area (Å²) in [4.78, 5) is 19.9. The van der Waals surface area contributed by atoms with Crippen LogP contribution in [-0.2, 0) is 19.1 Å². The minimum absolute atomic E-state index is 0.157. The van der Waals surface area contributed by atoms with Crippen molar-refractivity contribution in [2.45, 2.75) is 40.0 Å². The topological polar surface area (TPSA) is 72.8 Å². The van der Waals surface area contributed by atoms with Gasteiger partial charge in [0.25, 0.3) is 0 Å². The summed E-state index contributed by atoms with van der Waals surface area (Å²) in [5.74, 6) is -0.315. The van der Waals surface area contributed by atoms with E-state index in [2.05, 4.69) is 9.47 Å². The van der Waals surface area contributed by atoms with Crippen molar-refractivity contribution in [2.24, 2.45) is 0 Å². The van der Waals surface area contributed by atoms with Crippen LogP contribution >= 0.6 is 0 Å². The maximum atomic E-state index is 9.96. The van der Waals surface area contributed by atoms with Gasteiger partial charge in [0.05, 0.1) is 14.2 Å². The third-order valence-electron chi connectivity index (χ3n) is 1.26. The third kappa shape index (κ3) is 29.3. The van der Waals surface area contributed by atoms with Gasteiger partial charge < -0.3 is 14.6 Å². The molecule has 0 aliphatic carbocycles. The van der Waals surface area contributed by atoms with Crippen molar-refractivity contribution in [3.8, 4) is 0 Å². The van der Waals surface area contributed by atoms with Gasteiger partial charge >= 0.3 is 11.9 Å². The fourth-order valence-electron chi connectivity index (χ4n) is 0.289. The van der Waals surface area contributed by atoms with Crippen LogP contribution in [0.25, 0.3) is 0 Å². The summed E-state index contributed by atoms with van der Waals surface area (Å²) in [6, 6.07) is 0. The molecule has 5 nitrogen and oxygen atoms in total. The van der Waals surface area contributed by atoms with E-state index < -0.39 is 0 Å². The maximum absolute atomic E-state index is 9.96. The SMILES string of the molecule is CCC(=O)OC.CCC(=O)OC.CCCO. The normalized spacial score (nSPS) is 7.62. The number of esters is 2. The summed E-state index contributed by atoms with van der Waals surface area (Å²) < 4.78 is 8.52. The van der Waals surface area contributed by atoms with E-state index in [1.54, 1.807) is 13.8 Å². The Balaban J connectivity index is -0.000000162. The molecule has 0 aliphatic heterocycles. The summed E-state index contributed by atoms with van der Waals surface area (Å²) in [5.41, 5.74) is 0. The molecule has 1 N–H and O–H groups in total. The van der Waals surface area contributed by atoms with E-state index in [9.17, 15) is 9.59 Å². The standard InChI is InChI=1S/2C4H8O2.C3H8O/c2*1-3-4(5)6-2;1-2-3-4/h2*3H2,1-2H3;4H,2-3H2,1H3. The van der Waals surface area contributed by atoms with Crippen LogP contribution in [0.3, 0.4) is 0 Å². The number of hydrogen-bond acceptors (Lipinski definition) is 5. The minimum atomic E-state index is -0.157. The maximum Gasteiger partial charge on any atom is 0.305 e. The lowest BCUT2D eigenvalue weighted by molar-refractivity contribution is -0.141. The van der Waals surface area contributed by atoms with E-state index in [4.69, 9.17) is 5.11 Å². The first-order valence-electron chi connectivity index (χ1n) is 5.28. The van der Waals surface area contributed by atoms with Gasteiger partial charge in [0.1, 0.15) is 0 Å². The van der Waals surface area contributed by atoms with E-state index in [-0.39, 0.29) is 11.9 Å². The second-order valence-corrected chi connectivity index (χ2v) is 2.58. The van der Waals surface area contributed by atoms with Crippen molar-refractivity contribution in [3.05, 3.63) is 0 Å². The molecule has 0 spiro atoms. The molecule has 98 valence electrons. The van der Waals surface area contributed by atoms with Crippen LogP contribution in [0.2, 0.25) is 0 Å². The molecular weight excluding hydrogens is 212 g/mol. The fourth-order valence-corrected chi connectivity index (χ4v) is 0.289. The third-order valence-corrected chi connectivity index (χ3v) is 1.26. The number of aliphatic hydroxyl groups excluding tert-OH is 1. The second-order valence-electron chi connectivity index (χ2n) is 2.58. The molecule has 0 heterocycles. The molecule has 0 radical (unpaired) electrons. The Morgan fingerprint density at radius 3 is 1.19 bits per heavy atom. The van der Waals surface area contributed by atoms with Crippen LogP contribution in [0.1, 0.15) is 40.0 Å². The summed E-state index contributed by atoms with van der Waals surface area (Å²) in [6.45, 7) is 5.76. The van der Waals surface area contributed by atoms with Crippen LogP contribution in [-0.4, -0.2) is 37.9 Å². The first kappa shape index (κ1) is 20.3. The first-order chi connectivity index (χ1) is 7.53. The molecular formula is C11H24O5. The Labute approximate surface area is 97.7 Å². The lowest BCUT2D eigenvalue weighted by Gasteiger charge is -1.87. The van der Waals surface area contributed by atoms with Crippen molar-refractivity contribution < 1.29 is 24.2 Å². The largest absolute Gasteiger partial charge is 0.469 e. The van der Waals surface area contributed by atoms with E-state index >= 15 is 0 Å². The molecule has 0 aliphatic rings. The highest BCUT2D eigenvalue weighted by Crippen LogP contribution is 1.76. The first-order valence-corrected chi connectivity index (χ1v) is 5.28. The van der Waals surface area contributed by atoms with Crippen molar-refractivity contribution in [3.63, 3.8) is 0 Å². The minimum Gasteiger partial charge on any atom is -0.469 e. The van der Waals surface area contributed by atoms with Crippen molar-refractivity contribution in [2.75, 3.05) is 20.8 Å². The zero-order chi connectivity index (χ0) is 13.4. The number of rotatable bonds is 3. The van der Waals surface area contributed by atoms with Crippen LogP contribution in [0.5, 0.6) is 0 Å². The summed E-state index contributed by atoms with van der Waals surface area (Å²) in [7, 11) is 2.76. The fraction of sp³-hybridized carbons (Fsp3) is 0.818. The quantitative estimate of drug-likeness (QED) is 0.752. The van der Waals surface area contributed by atoms with Gasteiger partial charge in [-0.05, 0) is 6.42 Å². The molecule has 0 saturated heterocycles. The predicted molar refractivity (Wildman–Crippen MR) is 62.0 cm³/mol. The molecule has 0 aromatic heterocycles. The van der Waals surface area contributed by atoms with Gasteiger partial charge in [0.15, 0.2) is 0 Å². The molecule has 0 bridgehead atoms. The Morgan fingerprint density at radius 1 is 0.938 bits per heavy atom. The van der Waals surface area contributed by atoms with E-state index in [0.29, 0.717) is 19.4 Å². The van der Waals surface area contributed by atoms with E-state index in [1.807, 2.05) is 6.92 Å². The molecule has 0 aromatic rings. The molecule has 5 heteroatoms. The molecule has 16 heavy (non-hydrogen) atoms. The second kappa shape index (κ2) is 19.5. The predicted octanol–water partition coefficient (Wildman–Crippen LogP) is 1.53. The van der Waals surface area contributed by atoms with Gasteiger partial charge in [-0.2, -0.15) is 0 Å². The molecule has 0 unspecified atom stereocenters. The molecule has 0 amide bonds. The van der Waals surface area contributed by atoms with Crippen LogP contribution in [0.15, 0.2) is 0 Å². The molecule has 0 atom stereocenters. The Kier molecular flexibility index (Phi) is 24.7. The van der Waals surface area contributed by atoms with E-state index in [1.165, 1.54) is 14.2 Å². The van der Waals surface area contributed by atoms with Gasteiger partial charge in [0.2, 0.25) is 0 Å². The highest BCUT2D eigenvalue weighted by molar-refractivity contribution is 5.68. The van der Waals surface area contributed by atoms with Crippen molar-refractivity contribution in [1.82, 2.24) is 0 Å². The monoisotopic (exact) mass is 236 g/mol. The number of carbonyl (C=O) groups excluding carboxylic acids is 2. The van der Waals surface area contributed by atoms with Crippen LogP contribution < -0.4 is 0 Å². The number of aliphatic hydroxyl groups is 1. The summed E-state index contributed by atoms with van der Waals surface area (Å²) in [5, 5.41) is 7.88. The molecule has 0 saturated carbocycles. The number of methoxy groups -OCH3 is 2. The zero-order valence-corrected chi connectivity index (χ0v) is 10.9. The lowest BCUT2D eigenvalue weighted by atomic mass is 10.5. The highest BCUT2D eigenvalue weighted by atomic mass is 16.5. The van der Waals surface area contributed by atoms with Crippen molar-refractivity contribution >= 4 is 11.9 Å². The number of hydrogen-bond donors (Lipinski definition) is 1. The van der Waals surface area contributed by atoms with E-state index in [0.717, 1.165) is 6.42 Å².